The Morgan fingerprint density at radius 1 is 1.25 bits per heavy atom. The first-order chi connectivity index (χ1) is 9.62. The molecule has 1 N–H and O–H groups in total. The minimum absolute atomic E-state index is 0.0573. The lowest BCUT2D eigenvalue weighted by molar-refractivity contribution is 0.546. The summed E-state index contributed by atoms with van der Waals surface area (Å²) >= 11 is 0. The molecule has 1 atom stereocenters. The molecule has 1 aromatic heterocycles. The van der Waals surface area contributed by atoms with Gasteiger partial charge in [0.05, 0.1) is 22.9 Å². The predicted octanol–water partition coefficient (Wildman–Crippen LogP) is 1.15. The zero-order valence-corrected chi connectivity index (χ0v) is 11.9. The molecule has 6 heteroatoms. The summed E-state index contributed by atoms with van der Waals surface area (Å²) in [4.78, 5) is 0. The maximum absolute atomic E-state index is 11.4. The van der Waals surface area contributed by atoms with E-state index in [4.69, 9.17) is 0 Å². The van der Waals surface area contributed by atoms with Gasteiger partial charge in [-0.05, 0) is 24.6 Å². The monoisotopic (exact) mass is 291 g/mol. The summed E-state index contributed by atoms with van der Waals surface area (Å²) in [5, 5.41) is 7.75. The largest absolute Gasteiger partial charge is 0.307 e. The molecule has 2 heterocycles. The zero-order chi connectivity index (χ0) is 14.0. The Hall–Kier alpha value is -1.66. The van der Waals surface area contributed by atoms with E-state index in [1.807, 2.05) is 47.3 Å². The third-order valence-electron chi connectivity index (χ3n) is 3.47. The van der Waals surface area contributed by atoms with Gasteiger partial charge < -0.3 is 5.32 Å². The molecule has 1 saturated heterocycles. The van der Waals surface area contributed by atoms with Crippen LogP contribution in [0.3, 0.4) is 0 Å². The van der Waals surface area contributed by atoms with Crippen molar-refractivity contribution in [2.45, 2.75) is 19.0 Å². The highest BCUT2D eigenvalue weighted by Crippen LogP contribution is 2.12. The summed E-state index contributed by atoms with van der Waals surface area (Å²) in [5.41, 5.74) is 1.93. The van der Waals surface area contributed by atoms with E-state index in [9.17, 15) is 8.42 Å². The van der Waals surface area contributed by atoms with Gasteiger partial charge in [-0.2, -0.15) is 5.10 Å². The molecule has 0 bridgehead atoms. The fourth-order valence-corrected chi connectivity index (χ4v) is 4.09. The van der Waals surface area contributed by atoms with E-state index in [2.05, 4.69) is 10.4 Å². The highest BCUT2D eigenvalue weighted by atomic mass is 32.2. The number of sulfone groups is 1. The molecule has 5 nitrogen and oxygen atoms in total. The zero-order valence-electron chi connectivity index (χ0n) is 11.1. The van der Waals surface area contributed by atoms with Crippen LogP contribution in [0.2, 0.25) is 0 Å². The lowest BCUT2D eigenvalue weighted by Crippen LogP contribution is -2.29. The van der Waals surface area contributed by atoms with Crippen LogP contribution in [-0.4, -0.2) is 35.7 Å². The molecular weight excluding hydrogens is 274 g/mol. The summed E-state index contributed by atoms with van der Waals surface area (Å²) in [6, 6.07) is 11.9. The van der Waals surface area contributed by atoms with Crippen molar-refractivity contribution < 1.29 is 8.42 Å². The lowest BCUT2D eigenvalue weighted by atomic mass is 10.2. The number of hydrogen-bond donors (Lipinski definition) is 1. The number of nitrogens with one attached hydrogen (secondary N) is 1. The molecule has 0 radical (unpaired) electrons. The number of benzene rings is 1. The average molecular weight is 291 g/mol. The second-order valence-corrected chi connectivity index (χ2v) is 7.30. The third-order valence-corrected chi connectivity index (χ3v) is 5.24. The normalized spacial score (nSPS) is 21.1. The van der Waals surface area contributed by atoms with E-state index in [1.54, 1.807) is 0 Å². The SMILES string of the molecule is O=S1(=O)CCC(NCc2ccn(-c3ccccc3)n2)C1. The topological polar surface area (TPSA) is 64.0 Å². The van der Waals surface area contributed by atoms with E-state index in [0.29, 0.717) is 18.7 Å². The van der Waals surface area contributed by atoms with Gasteiger partial charge in [0, 0.05) is 18.8 Å². The van der Waals surface area contributed by atoms with Crippen LogP contribution in [0.4, 0.5) is 0 Å². The summed E-state index contributed by atoms with van der Waals surface area (Å²) in [5.74, 6) is 0.537. The van der Waals surface area contributed by atoms with Crippen molar-refractivity contribution in [1.82, 2.24) is 15.1 Å². The molecule has 20 heavy (non-hydrogen) atoms. The number of aromatic nitrogens is 2. The summed E-state index contributed by atoms with van der Waals surface area (Å²) < 4.78 is 24.6. The first kappa shape index (κ1) is 13.3. The number of hydrogen-bond acceptors (Lipinski definition) is 4. The number of para-hydroxylation sites is 1. The molecular formula is C14H17N3O2S. The number of nitrogens with zero attached hydrogens (tertiary/aromatic N) is 2. The van der Waals surface area contributed by atoms with Gasteiger partial charge in [-0.15, -0.1) is 0 Å². The van der Waals surface area contributed by atoms with Crippen LogP contribution in [0, 0.1) is 0 Å². The molecule has 0 saturated carbocycles. The van der Waals surface area contributed by atoms with Crippen molar-refractivity contribution >= 4 is 9.84 Å². The van der Waals surface area contributed by atoms with Crippen LogP contribution >= 0.6 is 0 Å². The van der Waals surface area contributed by atoms with Crippen molar-refractivity contribution in [1.29, 1.82) is 0 Å². The van der Waals surface area contributed by atoms with Crippen LogP contribution in [0.5, 0.6) is 0 Å². The van der Waals surface area contributed by atoms with Gasteiger partial charge in [-0.1, -0.05) is 18.2 Å². The predicted molar refractivity (Wildman–Crippen MR) is 77.5 cm³/mol. The van der Waals surface area contributed by atoms with Crippen molar-refractivity contribution in [2.75, 3.05) is 11.5 Å². The van der Waals surface area contributed by atoms with E-state index in [0.717, 1.165) is 11.4 Å². The van der Waals surface area contributed by atoms with Crippen molar-refractivity contribution in [3.05, 3.63) is 48.3 Å². The van der Waals surface area contributed by atoms with E-state index in [1.165, 1.54) is 0 Å². The molecule has 0 aliphatic carbocycles. The Morgan fingerprint density at radius 3 is 2.75 bits per heavy atom. The molecule has 1 aliphatic rings. The summed E-state index contributed by atoms with van der Waals surface area (Å²) in [6.45, 7) is 0.597. The first-order valence-corrected chi connectivity index (χ1v) is 8.48. The molecule has 106 valence electrons. The minimum atomic E-state index is -2.83. The summed E-state index contributed by atoms with van der Waals surface area (Å²) in [6.07, 6.45) is 2.61. The molecule has 3 rings (SSSR count). The lowest BCUT2D eigenvalue weighted by Gasteiger charge is -2.08. The second kappa shape index (κ2) is 5.38. The fraction of sp³-hybridized carbons (Fsp3) is 0.357. The highest BCUT2D eigenvalue weighted by Gasteiger charge is 2.27. The van der Waals surface area contributed by atoms with Crippen molar-refractivity contribution in [2.24, 2.45) is 0 Å². The van der Waals surface area contributed by atoms with Gasteiger partial charge in [0.2, 0.25) is 0 Å². The molecule has 1 unspecified atom stereocenters. The van der Waals surface area contributed by atoms with Gasteiger partial charge in [0.1, 0.15) is 0 Å². The molecule has 0 spiro atoms. The van der Waals surface area contributed by atoms with Crippen LogP contribution in [-0.2, 0) is 16.4 Å². The van der Waals surface area contributed by atoms with Crippen LogP contribution in [0.1, 0.15) is 12.1 Å². The average Bonchev–Trinajstić information content (AvgIpc) is 3.04. The Morgan fingerprint density at radius 2 is 2.05 bits per heavy atom. The van der Waals surface area contributed by atoms with Crippen molar-refractivity contribution in [3.8, 4) is 5.69 Å². The molecule has 1 aliphatic heterocycles. The van der Waals surface area contributed by atoms with Crippen LogP contribution in [0.15, 0.2) is 42.6 Å². The van der Waals surface area contributed by atoms with E-state index < -0.39 is 9.84 Å². The number of rotatable bonds is 4. The van der Waals surface area contributed by atoms with Gasteiger partial charge >= 0.3 is 0 Å². The van der Waals surface area contributed by atoms with E-state index in [-0.39, 0.29) is 11.8 Å². The Labute approximate surface area is 118 Å². The quantitative estimate of drug-likeness (QED) is 0.918. The van der Waals surface area contributed by atoms with Crippen LogP contribution in [0.25, 0.3) is 5.69 Å². The smallest absolute Gasteiger partial charge is 0.151 e. The fourth-order valence-electron chi connectivity index (χ4n) is 2.39. The molecule has 1 fully saturated rings. The van der Waals surface area contributed by atoms with Gasteiger partial charge in [0.15, 0.2) is 9.84 Å². The second-order valence-electron chi connectivity index (χ2n) is 5.07. The van der Waals surface area contributed by atoms with Gasteiger partial charge in [-0.3, -0.25) is 0 Å². The van der Waals surface area contributed by atoms with Crippen molar-refractivity contribution in [3.63, 3.8) is 0 Å². The molecule has 1 aromatic carbocycles. The Kier molecular flexibility index (Phi) is 3.58. The maximum atomic E-state index is 11.4. The Bertz CT molecular complexity index is 679. The highest BCUT2D eigenvalue weighted by molar-refractivity contribution is 7.91. The van der Waals surface area contributed by atoms with Gasteiger partial charge in [0.25, 0.3) is 0 Å². The van der Waals surface area contributed by atoms with E-state index >= 15 is 0 Å². The van der Waals surface area contributed by atoms with Gasteiger partial charge in [-0.25, -0.2) is 13.1 Å². The maximum Gasteiger partial charge on any atom is 0.151 e. The Balaban J connectivity index is 1.61. The molecule has 0 amide bonds. The minimum Gasteiger partial charge on any atom is -0.307 e. The summed E-state index contributed by atoms with van der Waals surface area (Å²) in [7, 11) is -2.83. The van der Waals surface area contributed by atoms with Crippen LogP contribution < -0.4 is 5.32 Å². The third kappa shape index (κ3) is 3.08. The molecule has 2 aromatic rings. The first-order valence-electron chi connectivity index (χ1n) is 6.66. The standard InChI is InChI=1S/C14H17N3O2S/c18-20(19)9-7-13(11-20)15-10-12-6-8-17(16-12)14-4-2-1-3-5-14/h1-6,8,13,15H,7,9-11H2.